The van der Waals surface area contributed by atoms with E-state index in [0.717, 1.165) is 6.42 Å². The number of methoxy groups -OCH3 is 1. The molecule has 0 radical (unpaired) electrons. The van der Waals surface area contributed by atoms with Crippen LogP contribution in [0.1, 0.15) is 71.1 Å². The Morgan fingerprint density at radius 3 is 1.75 bits per heavy atom. The van der Waals surface area contributed by atoms with Gasteiger partial charge in [0.05, 0.1) is 7.11 Å². The third kappa shape index (κ3) is 13.4. The van der Waals surface area contributed by atoms with Crippen molar-refractivity contribution >= 4 is 5.97 Å². The van der Waals surface area contributed by atoms with Crippen LogP contribution in [0.25, 0.3) is 0 Å². The molecule has 0 saturated heterocycles. The molecule has 0 aromatic rings. The van der Waals surface area contributed by atoms with Gasteiger partial charge in [-0.2, -0.15) is 0 Å². The Kier molecular flexibility index (Phi) is 16.1. The van der Waals surface area contributed by atoms with Gasteiger partial charge >= 0.3 is 5.97 Å². The Hall–Kier alpha value is -0.570. The molecule has 0 spiro atoms. The van der Waals surface area contributed by atoms with E-state index in [4.69, 9.17) is 0 Å². The Bertz CT molecular complexity index is 149. The first-order valence-corrected chi connectivity index (χ1v) is 6.38. The largest absolute Gasteiger partial charge is 0.469 e. The van der Waals surface area contributed by atoms with Crippen LogP contribution >= 0.6 is 0 Å². The molecule has 0 aliphatic rings. The zero-order chi connectivity index (χ0) is 11.4. The highest BCUT2D eigenvalue weighted by Crippen LogP contribution is 2.10. The van der Waals surface area contributed by atoms with E-state index in [1.54, 1.807) is 0 Å². The van der Waals surface area contributed by atoms with E-state index in [1.807, 2.05) is 0 Å². The predicted molar refractivity (Wildman–Crippen MR) is 68.9 cm³/mol. The van der Waals surface area contributed by atoms with E-state index in [0.29, 0.717) is 6.42 Å². The highest BCUT2D eigenvalue weighted by molar-refractivity contribution is 5.68. The fraction of sp³-hybridized carbons (Fsp3) is 0.923. The van der Waals surface area contributed by atoms with E-state index in [-0.39, 0.29) is 12.1 Å². The summed E-state index contributed by atoms with van der Waals surface area (Å²) in [6.07, 6.45) is 12.2. The number of ether oxygens (including phenoxy) is 1. The summed E-state index contributed by atoms with van der Waals surface area (Å²) in [5.74, 6) is -0.0713. The SMILES string of the molecule is CCCCCCCCCCCC(=O)OC.N. The van der Waals surface area contributed by atoms with Crippen molar-refractivity contribution in [3.63, 3.8) is 0 Å². The van der Waals surface area contributed by atoms with Crippen LogP contribution in [-0.2, 0) is 9.53 Å². The maximum Gasteiger partial charge on any atom is 0.305 e. The van der Waals surface area contributed by atoms with Crippen molar-refractivity contribution in [3.05, 3.63) is 0 Å². The second-order valence-corrected chi connectivity index (χ2v) is 4.15. The first kappa shape index (κ1) is 17.8. The van der Waals surface area contributed by atoms with Gasteiger partial charge in [-0.15, -0.1) is 0 Å². The number of hydrogen-bond acceptors (Lipinski definition) is 3. The number of unbranched alkanes of at least 4 members (excludes halogenated alkanes) is 8. The van der Waals surface area contributed by atoms with Crippen molar-refractivity contribution < 1.29 is 9.53 Å². The van der Waals surface area contributed by atoms with Gasteiger partial charge < -0.3 is 10.9 Å². The molecule has 0 unspecified atom stereocenters. The lowest BCUT2D eigenvalue weighted by molar-refractivity contribution is -0.140. The molecule has 0 aromatic heterocycles. The van der Waals surface area contributed by atoms with Gasteiger partial charge in [-0.25, -0.2) is 0 Å². The van der Waals surface area contributed by atoms with E-state index < -0.39 is 0 Å². The molecular weight excluding hydrogens is 202 g/mol. The smallest absolute Gasteiger partial charge is 0.305 e. The molecule has 0 saturated carbocycles. The topological polar surface area (TPSA) is 61.3 Å². The minimum absolute atomic E-state index is 0. The van der Waals surface area contributed by atoms with Gasteiger partial charge in [0, 0.05) is 6.42 Å². The number of carbonyl (C=O) groups is 1. The molecule has 3 heteroatoms. The normalized spacial score (nSPS) is 9.62. The highest BCUT2D eigenvalue weighted by Gasteiger charge is 1.98. The summed E-state index contributed by atoms with van der Waals surface area (Å²) in [4.78, 5) is 10.8. The molecular formula is C13H29NO2. The molecule has 98 valence electrons. The van der Waals surface area contributed by atoms with Gasteiger partial charge in [0.25, 0.3) is 0 Å². The Morgan fingerprint density at radius 2 is 1.31 bits per heavy atom. The van der Waals surface area contributed by atoms with E-state index in [2.05, 4.69) is 11.7 Å². The molecule has 3 N–H and O–H groups in total. The first-order valence-electron chi connectivity index (χ1n) is 6.38. The molecule has 0 rings (SSSR count). The monoisotopic (exact) mass is 231 g/mol. The van der Waals surface area contributed by atoms with E-state index in [1.165, 1.54) is 58.5 Å². The Labute approximate surface area is 101 Å². The van der Waals surface area contributed by atoms with Gasteiger partial charge in [-0.1, -0.05) is 58.3 Å². The van der Waals surface area contributed by atoms with E-state index in [9.17, 15) is 4.79 Å². The highest BCUT2D eigenvalue weighted by atomic mass is 16.5. The molecule has 0 aromatic carbocycles. The zero-order valence-electron chi connectivity index (χ0n) is 11.1. The van der Waals surface area contributed by atoms with Crippen molar-refractivity contribution in [3.8, 4) is 0 Å². The number of hydrogen-bond donors (Lipinski definition) is 1. The fourth-order valence-electron chi connectivity index (χ4n) is 1.68. The quantitative estimate of drug-likeness (QED) is 0.452. The molecule has 16 heavy (non-hydrogen) atoms. The van der Waals surface area contributed by atoms with Crippen LogP contribution in [-0.4, -0.2) is 13.1 Å². The lowest BCUT2D eigenvalue weighted by atomic mass is 10.1. The summed E-state index contributed by atoms with van der Waals surface area (Å²) < 4.78 is 4.58. The second kappa shape index (κ2) is 14.4. The first-order chi connectivity index (χ1) is 7.31. The molecule has 0 bridgehead atoms. The third-order valence-corrected chi connectivity index (χ3v) is 2.71. The van der Waals surface area contributed by atoms with Gasteiger partial charge in [-0.3, -0.25) is 4.79 Å². The van der Waals surface area contributed by atoms with Crippen molar-refractivity contribution in [2.75, 3.05) is 7.11 Å². The molecule has 0 fully saturated rings. The van der Waals surface area contributed by atoms with Gasteiger partial charge in [0.15, 0.2) is 0 Å². The van der Waals surface area contributed by atoms with Crippen LogP contribution in [0.4, 0.5) is 0 Å². The Morgan fingerprint density at radius 1 is 0.875 bits per heavy atom. The standard InChI is InChI=1S/C13H26O2.H3N/c1-3-4-5-6-7-8-9-10-11-12-13(14)15-2;/h3-12H2,1-2H3;1H3. The van der Waals surface area contributed by atoms with Crippen LogP contribution in [0.2, 0.25) is 0 Å². The van der Waals surface area contributed by atoms with Crippen LogP contribution in [0.3, 0.4) is 0 Å². The second-order valence-electron chi connectivity index (χ2n) is 4.15. The van der Waals surface area contributed by atoms with Crippen LogP contribution in [0, 0.1) is 0 Å². The number of esters is 1. The molecule has 0 heterocycles. The summed E-state index contributed by atoms with van der Waals surface area (Å²) in [6, 6.07) is 0. The lowest BCUT2D eigenvalue weighted by Gasteiger charge is -2.01. The summed E-state index contributed by atoms with van der Waals surface area (Å²) in [7, 11) is 1.45. The van der Waals surface area contributed by atoms with Gasteiger partial charge in [0.1, 0.15) is 0 Å². The minimum atomic E-state index is -0.0713. The van der Waals surface area contributed by atoms with Crippen LogP contribution < -0.4 is 6.15 Å². The van der Waals surface area contributed by atoms with Crippen molar-refractivity contribution in [1.29, 1.82) is 0 Å². The lowest BCUT2D eigenvalue weighted by Crippen LogP contribution is -1.99. The predicted octanol–water partition coefficient (Wildman–Crippen LogP) is 4.24. The average Bonchev–Trinajstić information content (AvgIpc) is 2.26. The maximum absolute atomic E-state index is 10.8. The molecule has 0 amide bonds. The third-order valence-electron chi connectivity index (χ3n) is 2.71. The number of carbonyl (C=O) groups excluding carboxylic acids is 1. The minimum Gasteiger partial charge on any atom is -0.469 e. The summed E-state index contributed by atoms with van der Waals surface area (Å²) in [5, 5.41) is 0. The summed E-state index contributed by atoms with van der Waals surface area (Å²) in [5.41, 5.74) is 0. The van der Waals surface area contributed by atoms with Crippen LogP contribution in [0.15, 0.2) is 0 Å². The average molecular weight is 231 g/mol. The van der Waals surface area contributed by atoms with Crippen molar-refractivity contribution in [2.24, 2.45) is 0 Å². The fourth-order valence-corrected chi connectivity index (χ4v) is 1.68. The maximum atomic E-state index is 10.8. The molecule has 0 aliphatic heterocycles. The Balaban J connectivity index is 0. The summed E-state index contributed by atoms with van der Waals surface area (Å²) >= 11 is 0. The molecule has 0 atom stereocenters. The van der Waals surface area contributed by atoms with Crippen LogP contribution in [0.5, 0.6) is 0 Å². The zero-order valence-corrected chi connectivity index (χ0v) is 11.1. The van der Waals surface area contributed by atoms with Gasteiger partial charge in [-0.05, 0) is 6.42 Å². The van der Waals surface area contributed by atoms with Crippen molar-refractivity contribution in [1.82, 2.24) is 6.15 Å². The van der Waals surface area contributed by atoms with Gasteiger partial charge in [0.2, 0.25) is 0 Å². The van der Waals surface area contributed by atoms with Crippen molar-refractivity contribution in [2.45, 2.75) is 71.1 Å². The molecule has 3 nitrogen and oxygen atoms in total. The number of rotatable bonds is 10. The molecule has 0 aliphatic carbocycles. The van der Waals surface area contributed by atoms with E-state index >= 15 is 0 Å². The summed E-state index contributed by atoms with van der Waals surface area (Å²) in [6.45, 7) is 2.24.